The highest BCUT2D eigenvalue weighted by Crippen LogP contribution is 2.36. The molecule has 0 amide bonds. The quantitative estimate of drug-likeness (QED) is 0.859. The molecule has 110 valence electrons. The minimum absolute atomic E-state index is 0.302. The van der Waals surface area contributed by atoms with Gasteiger partial charge in [0.25, 0.3) is 0 Å². The van der Waals surface area contributed by atoms with Gasteiger partial charge in [-0.25, -0.2) is 0 Å². The van der Waals surface area contributed by atoms with E-state index in [1.165, 1.54) is 10.8 Å². The fourth-order valence-corrected chi connectivity index (χ4v) is 2.55. The van der Waals surface area contributed by atoms with E-state index in [1.807, 2.05) is 7.05 Å². The van der Waals surface area contributed by atoms with E-state index in [2.05, 4.69) is 69.4 Å². The zero-order chi connectivity index (χ0) is 15.3. The predicted octanol–water partition coefficient (Wildman–Crippen LogP) is 3.18. The van der Waals surface area contributed by atoms with Crippen LogP contribution in [0.1, 0.15) is 27.7 Å². The molecule has 0 aromatic heterocycles. The average molecular weight is 283 g/mol. The summed E-state index contributed by atoms with van der Waals surface area (Å²) in [6.45, 7) is 8.31. The first-order valence-electron chi connectivity index (χ1n) is 7.39. The van der Waals surface area contributed by atoms with Crippen LogP contribution in [0.3, 0.4) is 0 Å². The lowest BCUT2D eigenvalue weighted by atomic mass is 9.78. The lowest BCUT2D eigenvalue weighted by Crippen LogP contribution is -2.41. The Hall–Kier alpha value is -1.52. The van der Waals surface area contributed by atoms with Gasteiger partial charge in [0.2, 0.25) is 0 Å². The summed E-state index contributed by atoms with van der Waals surface area (Å²) in [5, 5.41) is 5.57. The van der Waals surface area contributed by atoms with E-state index in [9.17, 15) is 0 Å². The highest BCUT2D eigenvalue weighted by Gasteiger charge is 2.51. The zero-order valence-electron chi connectivity index (χ0n) is 13.4. The Morgan fingerprint density at radius 3 is 2.05 bits per heavy atom. The van der Waals surface area contributed by atoms with Crippen molar-refractivity contribution in [1.29, 1.82) is 0 Å². The summed E-state index contributed by atoms with van der Waals surface area (Å²) in [5.74, 6) is 0. The van der Waals surface area contributed by atoms with Gasteiger partial charge < -0.3 is 14.6 Å². The first kappa shape index (κ1) is 14.4. The summed E-state index contributed by atoms with van der Waals surface area (Å²) in [6.07, 6.45) is 0. The van der Waals surface area contributed by atoms with Crippen LogP contribution < -0.4 is 10.8 Å². The second kappa shape index (κ2) is 4.75. The molecule has 1 aliphatic heterocycles. The number of fused-ring (bicyclic) bond motifs is 1. The number of benzene rings is 2. The van der Waals surface area contributed by atoms with Crippen molar-refractivity contribution in [3.8, 4) is 0 Å². The molecule has 0 saturated carbocycles. The molecule has 1 heterocycles. The molecule has 1 aliphatic rings. The summed E-state index contributed by atoms with van der Waals surface area (Å²) in [5.41, 5.74) is 1.58. The maximum atomic E-state index is 6.11. The van der Waals surface area contributed by atoms with Crippen molar-refractivity contribution < 1.29 is 9.31 Å². The van der Waals surface area contributed by atoms with Crippen molar-refractivity contribution in [3.05, 3.63) is 36.4 Å². The topological polar surface area (TPSA) is 30.5 Å². The highest BCUT2D eigenvalue weighted by molar-refractivity contribution is 6.62. The largest absolute Gasteiger partial charge is 0.494 e. The third-order valence-electron chi connectivity index (χ3n) is 4.68. The van der Waals surface area contributed by atoms with Gasteiger partial charge in [-0.15, -0.1) is 0 Å². The van der Waals surface area contributed by atoms with Gasteiger partial charge in [0.15, 0.2) is 0 Å². The molecule has 3 nitrogen and oxygen atoms in total. The van der Waals surface area contributed by atoms with Gasteiger partial charge in [0.05, 0.1) is 11.2 Å². The molecule has 1 fully saturated rings. The van der Waals surface area contributed by atoms with Crippen molar-refractivity contribution in [2.24, 2.45) is 0 Å². The van der Waals surface area contributed by atoms with Gasteiger partial charge in [-0.2, -0.15) is 0 Å². The van der Waals surface area contributed by atoms with Gasteiger partial charge in [-0.05, 0) is 56.1 Å². The van der Waals surface area contributed by atoms with Gasteiger partial charge in [-0.1, -0.05) is 24.3 Å². The van der Waals surface area contributed by atoms with Crippen molar-refractivity contribution in [2.75, 3.05) is 12.4 Å². The van der Waals surface area contributed by atoms with Crippen molar-refractivity contribution in [1.82, 2.24) is 0 Å². The average Bonchev–Trinajstić information content (AvgIpc) is 2.66. The number of anilines is 1. The van der Waals surface area contributed by atoms with Crippen molar-refractivity contribution in [2.45, 2.75) is 38.9 Å². The molecule has 0 spiro atoms. The number of nitrogens with one attached hydrogen (secondary N) is 1. The second-order valence-electron chi connectivity index (χ2n) is 6.66. The van der Waals surface area contributed by atoms with Gasteiger partial charge in [0, 0.05) is 12.7 Å². The van der Waals surface area contributed by atoms with Crippen LogP contribution in [-0.4, -0.2) is 25.4 Å². The van der Waals surface area contributed by atoms with E-state index in [4.69, 9.17) is 9.31 Å². The van der Waals surface area contributed by atoms with Crippen LogP contribution in [0.15, 0.2) is 36.4 Å². The number of rotatable bonds is 2. The molecule has 0 aliphatic carbocycles. The van der Waals surface area contributed by atoms with E-state index in [1.54, 1.807) is 0 Å². The summed E-state index contributed by atoms with van der Waals surface area (Å²) in [4.78, 5) is 0. The van der Waals surface area contributed by atoms with Crippen LogP contribution in [0.5, 0.6) is 0 Å². The molecule has 2 aromatic rings. The van der Waals surface area contributed by atoms with E-state index >= 15 is 0 Å². The Labute approximate surface area is 126 Å². The van der Waals surface area contributed by atoms with Crippen LogP contribution in [0.2, 0.25) is 0 Å². The van der Waals surface area contributed by atoms with Crippen LogP contribution in [0.4, 0.5) is 5.69 Å². The lowest BCUT2D eigenvalue weighted by molar-refractivity contribution is 0.00578. The SMILES string of the molecule is CNc1ccc2cc(B3OC(C)(C)C(C)(C)O3)ccc2c1. The van der Waals surface area contributed by atoms with Crippen LogP contribution >= 0.6 is 0 Å². The Kier molecular flexibility index (Phi) is 3.26. The second-order valence-corrected chi connectivity index (χ2v) is 6.66. The maximum absolute atomic E-state index is 6.11. The fourth-order valence-electron chi connectivity index (χ4n) is 2.55. The molecule has 0 bridgehead atoms. The monoisotopic (exact) mass is 283 g/mol. The third-order valence-corrected chi connectivity index (χ3v) is 4.68. The molecule has 4 heteroatoms. The standard InChI is InChI=1S/C17H22BNO2/c1-16(2)17(3,4)21-18(20-16)14-8-6-13-11-15(19-5)9-7-12(13)10-14/h6-11,19H,1-5H3. The maximum Gasteiger partial charge on any atom is 0.494 e. The number of hydrogen-bond donors (Lipinski definition) is 1. The number of hydrogen-bond acceptors (Lipinski definition) is 3. The summed E-state index contributed by atoms with van der Waals surface area (Å²) >= 11 is 0. The molecule has 2 aromatic carbocycles. The van der Waals surface area contributed by atoms with Gasteiger partial charge in [0.1, 0.15) is 0 Å². The first-order chi connectivity index (χ1) is 9.82. The van der Waals surface area contributed by atoms with Crippen molar-refractivity contribution in [3.63, 3.8) is 0 Å². The van der Waals surface area contributed by atoms with Crippen molar-refractivity contribution >= 4 is 29.0 Å². The molecular weight excluding hydrogens is 261 g/mol. The Balaban J connectivity index is 1.96. The zero-order valence-corrected chi connectivity index (χ0v) is 13.4. The molecule has 0 unspecified atom stereocenters. The molecule has 1 N–H and O–H groups in total. The normalized spacial score (nSPS) is 20.0. The highest BCUT2D eigenvalue weighted by atomic mass is 16.7. The summed E-state index contributed by atoms with van der Waals surface area (Å²) < 4.78 is 12.2. The molecule has 0 radical (unpaired) electrons. The molecule has 21 heavy (non-hydrogen) atoms. The summed E-state index contributed by atoms with van der Waals surface area (Å²) in [6, 6.07) is 12.7. The first-order valence-corrected chi connectivity index (χ1v) is 7.39. The smallest absolute Gasteiger partial charge is 0.399 e. The van der Waals surface area contributed by atoms with Gasteiger partial charge >= 0.3 is 7.12 Å². The Morgan fingerprint density at radius 2 is 1.43 bits per heavy atom. The minimum Gasteiger partial charge on any atom is -0.399 e. The predicted molar refractivity (Wildman–Crippen MR) is 89.2 cm³/mol. The van der Waals surface area contributed by atoms with E-state index in [-0.39, 0.29) is 18.3 Å². The summed E-state index contributed by atoms with van der Waals surface area (Å²) in [7, 11) is 1.63. The Bertz CT molecular complexity index is 666. The molecular formula is C17H22BNO2. The fraction of sp³-hybridized carbons (Fsp3) is 0.412. The van der Waals surface area contributed by atoms with Crippen LogP contribution in [-0.2, 0) is 9.31 Å². The molecule has 3 rings (SSSR count). The van der Waals surface area contributed by atoms with E-state index < -0.39 is 0 Å². The van der Waals surface area contributed by atoms with E-state index in [0.717, 1.165) is 11.2 Å². The Morgan fingerprint density at radius 1 is 0.857 bits per heavy atom. The van der Waals surface area contributed by atoms with E-state index in [0.29, 0.717) is 0 Å². The third kappa shape index (κ3) is 2.43. The van der Waals surface area contributed by atoms with Crippen LogP contribution in [0, 0.1) is 0 Å². The minimum atomic E-state index is -0.303. The molecule has 1 saturated heterocycles. The molecule has 0 atom stereocenters. The van der Waals surface area contributed by atoms with Crippen LogP contribution in [0.25, 0.3) is 10.8 Å². The lowest BCUT2D eigenvalue weighted by Gasteiger charge is -2.32. The van der Waals surface area contributed by atoms with Gasteiger partial charge in [-0.3, -0.25) is 0 Å².